The van der Waals surface area contributed by atoms with Crippen LogP contribution in [0.3, 0.4) is 0 Å². The van der Waals surface area contributed by atoms with Crippen molar-refractivity contribution in [3.8, 4) is 11.7 Å². The highest BCUT2D eigenvalue weighted by molar-refractivity contribution is 5.69. The van der Waals surface area contributed by atoms with E-state index in [1.54, 1.807) is 12.1 Å². The van der Waals surface area contributed by atoms with Crippen LogP contribution in [0, 0.1) is 5.92 Å². The molecule has 2 aromatic heterocycles. The Morgan fingerprint density at radius 2 is 2.35 bits per heavy atom. The molecule has 3 rings (SSSR count). The molecule has 0 amide bonds. The van der Waals surface area contributed by atoms with Crippen molar-refractivity contribution in [3.63, 3.8) is 0 Å². The van der Waals surface area contributed by atoms with E-state index in [1.807, 2.05) is 4.90 Å². The molecule has 20 heavy (non-hydrogen) atoms. The normalized spacial score (nSPS) is 14.8. The largest absolute Gasteiger partial charge is 0.480 e. The van der Waals surface area contributed by atoms with Gasteiger partial charge in [-0.1, -0.05) is 5.16 Å². The van der Waals surface area contributed by atoms with Gasteiger partial charge in [0.05, 0.1) is 19.4 Å². The van der Waals surface area contributed by atoms with Crippen molar-refractivity contribution in [1.29, 1.82) is 0 Å². The molecule has 0 atom stereocenters. The molecule has 0 aliphatic heterocycles. The van der Waals surface area contributed by atoms with Gasteiger partial charge in [0.2, 0.25) is 0 Å². The Morgan fingerprint density at radius 1 is 1.50 bits per heavy atom. The minimum absolute atomic E-state index is 0.0128. The lowest BCUT2D eigenvalue weighted by Gasteiger charge is -2.17. The quantitative estimate of drug-likeness (QED) is 0.822. The highest BCUT2D eigenvalue weighted by Gasteiger charge is 2.26. The maximum absolute atomic E-state index is 10.9. The van der Waals surface area contributed by atoms with Gasteiger partial charge in [-0.15, -0.1) is 0 Å². The average molecular weight is 277 g/mol. The number of aliphatic carboxylic acids is 1. The molecule has 106 valence electrons. The molecule has 1 N–H and O–H groups in total. The molecule has 1 saturated carbocycles. The van der Waals surface area contributed by atoms with E-state index in [0.717, 1.165) is 6.54 Å². The molecule has 7 nitrogen and oxygen atoms in total. The lowest BCUT2D eigenvalue weighted by atomic mass is 10.3. The van der Waals surface area contributed by atoms with Crippen LogP contribution in [-0.4, -0.2) is 39.2 Å². The van der Waals surface area contributed by atoms with E-state index >= 15 is 0 Å². The SMILES string of the molecule is O=C(O)CN(Cc1noc(-c2ccco2)n1)CC1CC1. The topological polar surface area (TPSA) is 92.6 Å². The number of nitrogens with zero attached hydrogens (tertiary/aromatic N) is 3. The number of carboxylic acid groups (broad SMARTS) is 1. The Labute approximate surface area is 115 Å². The molecule has 1 aliphatic carbocycles. The Balaban J connectivity index is 1.66. The molecule has 0 bridgehead atoms. The summed E-state index contributed by atoms with van der Waals surface area (Å²) in [7, 11) is 0. The van der Waals surface area contributed by atoms with Crippen molar-refractivity contribution in [3.05, 3.63) is 24.2 Å². The van der Waals surface area contributed by atoms with E-state index in [1.165, 1.54) is 19.1 Å². The van der Waals surface area contributed by atoms with Crippen LogP contribution in [-0.2, 0) is 11.3 Å². The second-order valence-electron chi connectivity index (χ2n) is 5.00. The maximum atomic E-state index is 10.9. The third kappa shape index (κ3) is 3.24. The zero-order valence-corrected chi connectivity index (χ0v) is 10.9. The van der Waals surface area contributed by atoms with E-state index in [4.69, 9.17) is 14.0 Å². The number of carbonyl (C=O) groups is 1. The number of hydrogen-bond acceptors (Lipinski definition) is 6. The fraction of sp³-hybridized carbons (Fsp3) is 0.462. The van der Waals surface area contributed by atoms with Crippen molar-refractivity contribution in [2.24, 2.45) is 5.92 Å². The summed E-state index contributed by atoms with van der Waals surface area (Å²) in [4.78, 5) is 16.9. The van der Waals surface area contributed by atoms with Crippen LogP contribution in [0.25, 0.3) is 11.7 Å². The lowest BCUT2D eigenvalue weighted by Crippen LogP contribution is -2.31. The van der Waals surface area contributed by atoms with Crippen LogP contribution in [0.2, 0.25) is 0 Å². The van der Waals surface area contributed by atoms with Gasteiger partial charge in [-0.05, 0) is 30.9 Å². The highest BCUT2D eigenvalue weighted by atomic mass is 16.5. The van der Waals surface area contributed by atoms with Gasteiger partial charge < -0.3 is 14.0 Å². The molecular formula is C13H15N3O4. The molecule has 2 aromatic rings. The Kier molecular flexibility index (Phi) is 3.51. The summed E-state index contributed by atoms with van der Waals surface area (Å²) >= 11 is 0. The first kappa shape index (κ1) is 12.9. The average Bonchev–Trinajstić information content (AvgIpc) is 2.91. The first-order valence-corrected chi connectivity index (χ1v) is 6.51. The summed E-state index contributed by atoms with van der Waals surface area (Å²) in [6, 6.07) is 3.47. The predicted octanol–water partition coefficient (Wildman–Crippen LogP) is 1.63. The fourth-order valence-electron chi connectivity index (χ4n) is 2.06. The molecule has 7 heteroatoms. The second-order valence-corrected chi connectivity index (χ2v) is 5.00. The summed E-state index contributed by atoms with van der Waals surface area (Å²) < 4.78 is 10.3. The highest BCUT2D eigenvalue weighted by Crippen LogP contribution is 2.30. The van der Waals surface area contributed by atoms with Gasteiger partial charge in [0, 0.05) is 6.54 Å². The third-order valence-electron chi connectivity index (χ3n) is 3.14. The van der Waals surface area contributed by atoms with Crippen LogP contribution in [0.1, 0.15) is 18.7 Å². The van der Waals surface area contributed by atoms with Crippen LogP contribution in [0.15, 0.2) is 27.3 Å². The minimum Gasteiger partial charge on any atom is -0.480 e. The number of aromatic nitrogens is 2. The molecule has 0 unspecified atom stereocenters. The van der Waals surface area contributed by atoms with E-state index < -0.39 is 5.97 Å². The van der Waals surface area contributed by atoms with Gasteiger partial charge in [-0.3, -0.25) is 9.69 Å². The molecule has 1 aliphatic rings. The van der Waals surface area contributed by atoms with E-state index in [2.05, 4.69) is 10.1 Å². The maximum Gasteiger partial charge on any atom is 0.317 e. The van der Waals surface area contributed by atoms with Gasteiger partial charge >= 0.3 is 5.97 Å². The van der Waals surface area contributed by atoms with Crippen LogP contribution < -0.4 is 0 Å². The number of furan rings is 1. The summed E-state index contributed by atoms with van der Waals surface area (Å²) in [6.07, 6.45) is 3.86. The number of carboxylic acids is 1. The van der Waals surface area contributed by atoms with Crippen molar-refractivity contribution in [2.45, 2.75) is 19.4 Å². The standard InChI is InChI=1S/C13H15N3O4/c17-12(18)8-16(6-9-3-4-9)7-11-14-13(20-15-11)10-2-1-5-19-10/h1-2,5,9H,3-4,6-8H2,(H,17,18). The monoisotopic (exact) mass is 277 g/mol. The van der Waals surface area contributed by atoms with Gasteiger partial charge in [-0.2, -0.15) is 4.98 Å². The minimum atomic E-state index is -0.847. The summed E-state index contributed by atoms with van der Waals surface area (Å²) in [6.45, 7) is 1.12. The Morgan fingerprint density at radius 3 is 3.00 bits per heavy atom. The molecule has 0 spiro atoms. The molecule has 2 heterocycles. The predicted molar refractivity (Wildman–Crippen MR) is 67.6 cm³/mol. The van der Waals surface area contributed by atoms with Crippen molar-refractivity contribution in [1.82, 2.24) is 15.0 Å². The van der Waals surface area contributed by atoms with E-state index in [9.17, 15) is 4.79 Å². The lowest BCUT2D eigenvalue weighted by molar-refractivity contribution is -0.138. The Bertz CT molecular complexity index is 574. The number of rotatable bonds is 7. The molecule has 0 saturated heterocycles. The summed E-state index contributed by atoms with van der Waals surface area (Å²) in [5.74, 6) is 1.05. The summed E-state index contributed by atoms with van der Waals surface area (Å²) in [5.41, 5.74) is 0. The van der Waals surface area contributed by atoms with Gasteiger partial charge in [0.1, 0.15) is 0 Å². The van der Waals surface area contributed by atoms with Crippen molar-refractivity contribution < 1.29 is 18.8 Å². The third-order valence-corrected chi connectivity index (χ3v) is 3.14. The first-order chi connectivity index (χ1) is 9.70. The van der Waals surface area contributed by atoms with Crippen LogP contribution >= 0.6 is 0 Å². The van der Waals surface area contributed by atoms with E-state index in [0.29, 0.717) is 29.9 Å². The van der Waals surface area contributed by atoms with Gasteiger partial charge in [0.25, 0.3) is 5.89 Å². The summed E-state index contributed by atoms with van der Waals surface area (Å²) in [5, 5.41) is 12.8. The van der Waals surface area contributed by atoms with Gasteiger partial charge in [-0.25, -0.2) is 0 Å². The molecule has 0 radical (unpaired) electrons. The van der Waals surface area contributed by atoms with Gasteiger partial charge in [0.15, 0.2) is 11.6 Å². The fourth-order valence-corrected chi connectivity index (χ4v) is 2.06. The zero-order valence-electron chi connectivity index (χ0n) is 10.9. The number of hydrogen-bond donors (Lipinski definition) is 1. The van der Waals surface area contributed by atoms with Crippen LogP contribution in [0.4, 0.5) is 0 Å². The molecule has 0 aromatic carbocycles. The van der Waals surface area contributed by atoms with Crippen molar-refractivity contribution in [2.75, 3.05) is 13.1 Å². The second kappa shape index (κ2) is 5.46. The first-order valence-electron chi connectivity index (χ1n) is 6.51. The molecule has 1 fully saturated rings. The van der Waals surface area contributed by atoms with Crippen LogP contribution in [0.5, 0.6) is 0 Å². The zero-order chi connectivity index (χ0) is 13.9. The Hall–Kier alpha value is -2.15. The smallest absolute Gasteiger partial charge is 0.317 e. The van der Waals surface area contributed by atoms with E-state index in [-0.39, 0.29) is 6.54 Å². The van der Waals surface area contributed by atoms with Crippen molar-refractivity contribution >= 4 is 5.97 Å². The molecular weight excluding hydrogens is 262 g/mol.